The first-order valence-corrected chi connectivity index (χ1v) is 12.1. The molecule has 1 aliphatic heterocycles. The maximum Gasteiger partial charge on any atom is 0.293 e. The molecule has 34 heavy (non-hydrogen) atoms. The van der Waals surface area contributed by atoms with Crippen molar-refractivity contribution in [2.45, 2.75) is 13.5 Å². The number of thioether (sulfide) groups is 1. The van der Waals surface area contributed by atoms with Crippen molar-refractivity contribution in [1.29, 1.82) is 0 Å². The van der Waals surface area contributed by atoms with Crippen LogP contribution < -0.4 is 9.47 Å². The molecule has 2 amide bonds. The van der Waals surface area contributed by atoms with Crippen molar-refractivity contribution in [2.24, 2.45) is 0 Å². The molecule has 0 unspecified atom stereocenters. The highest BCUT2D eigenvalue weighted by atomic mass is 35.5. The zero-order valence-corrected chi connectivity index (χ0v) is 20.6. The summed E-state index contributed by atoms with van der Waals surface area (Å²) in [5.41, 5.74) is 2.63. The summed E-state index contributed by atoms with van der Waals surface area (Å²) >= 11 is 13.3. The van der Waals surface area contributed by atoms with E-state index < -0.39 is 0 Å². The van der Waals surface area contributed by atoms with Gasteiger partial charge in [0.2, 0.25) is 0 Å². The van der Waals surface area contributed by atoms with Gasteiger partial charge in [-0.15, -0.1) is 0 Å². The number of benzene rings is 3. The zero-order chi connectivity index (χ0) is 24.1. The first kappa shape index (κ1) is 24.2. The van der Waals surface area contributed by atoms with Crippen LogP contribution >= 0.6 is 35.0 Å². The molecular weight excluding hydrogens is 493 g/mol. The third-order valence-electron chi connectivity index (χ3n) is 5.10. The van der Waals surface area contributed by atoms with Gasteiger partial charge in [-0.05, 0) is 66.7 Å². The van der Waals surface area contributed by atoms with Crippen LogP contribution in [0, 0.1) is 6.92 Å². The van der Waals surface area contributed by atoms with Crippen molar-refractivity contribution in [1.82, 2.24) is 4.90 Å². The number of nitrogens with zero attached hydrogens (tertiary/aromatic N) is 1. The maximum absolute atomic E-state index is 12.7. The van der Waals surface area contributed by atoms with Gasteiger partial charge >= 0.3 is 0 Å². The Morgan fingerprint density at radius 3 is 2.18 bits per heavy atom. The van der Waals surface area contributed by atoms with Crippen LogP contribution in [-0.2, 0) is 11.4 Å². The molecule has 0 saturated carbocycles. The van der Waals surface area contributed by atoms with Gasteiger partial charge in [-0.3, -0.25) is 14.5 Å². The SMILES string of the molecule is Cc1ccc(OCCN2C(=O)S/C(=C\c3ccc(OCc4c(Cl)cccc4Cl)cc3)C2=O)cc1. The van der Waals surface area contributed by atoms with E-state index >= 15 is 0 Å². The summed E-state index contributed by atoms with van der Waals surface area (Å²) in [6, 6.07) is 20.1. The number of hydrogen-bond donors (Lipinski definition) is 0. The molecular formula is C26H21Cl2NO4S. The molecule has 3 aromatic rings. The quantitative estimate of drug-likeness (QED) is 0.303. The second kappa shape index (κ2) is 11.0. The first-order valence-electron chi connectivity index (χ1n) is 10.5. The van der Waals surface area contributed by atoms with E-state index in [-0.39, 0.29) is 30.9 Å². The summed E-state index contributed by atoms with van der Waals surface area (Å²) < 4.78 is 11.4. The topological polar surface area (TPSA) is 55.8 Å². The van der Waals surface area contributed by atoms with Crippen molar-refractivity contribution in [3.05, 3.63) is 98.4 Å². The number of aryl methyl sites for hydroxylation is 1. The fraction of sp³-hybridized carbons (Fsp3) is 0.154. The lowest BCUT2D eigenvalue weighted by atomic mass is 10.2. The van der Waals surface area contributed by atoms with Gasteiger partial charge in [-0.25, -0.2) is 0 Å². The minimum absolute atomic E-state index is 0.188. The summed E-state index contributed by atoms with van der Waals surface area (Å²) in [5.74, 6) is 1.01. The van der Waals surface area contributed by atoms with Crippen LogP contribution in [-0.4, -0.2) is 29.2 Å². The van der Waals surface area contributed by atoms with Crippen molar-refractivity contribution in [2.75, 3.05) is 13.2 Å². The average Bonchev–Trinajstić information content (AvgIpc) is 3.08. The molecule has 0 N–H and O–H groups in total. The number of hydrogen-bond acceptors (Lipinski definition) is 5. The van der Waals surface area contributed by atoms with Gasteiger partial charge in [0.25, 0.3) is 11.1 Å². The third kappa shape index (κ3) is 5.95. The second-order valence-corrected chi connectivity index (χ2v) is 9.36. The number of rotatable bonds is 8. The summed E-state index contributed by atoms with van der Waals surface area (Å²) in [6.45, 7) is 2.65. The van der Waals surface area contributed by atoms with Gasteiger partial charge in [0.1, 0.15) is 24.7 Å². The van der Waals surface area contributed by atoms with Crippen LogP contribution in [0.1, 0.15) is 16.7 Å². The van der Waals surface area contributed by atoms with Crippen molar-refractivity contribution in [3.8, 4) is 11.5 Å². The van der Waals surface area contributed by atoms with Gasteiger partial charge in [-0.2, -0.15) is 0 Å². The van der Waals surface area contributed by atoms with E-state index in [9.17, 15) is 9.59 Å². The van der Waals surface area contributed by atoms with Gasteiger partial charge in [-0.1, -0.05) is 59.1 Å². The molecule has 4 rings (SSSR count). The van der Waals surface area contributed by atoms with E-state index in [1.807, 2.05) is 43.3 Å². The fourth-order valence-electron chi connectivity index (χ4n) is 3.22. The Bertz CT molecular complexity index is 1210. The molecule has 0 spiro atoms. The number of carbonyl (C=O) groups is 2. The number of carbonyl (C=O) groups excluding carboxylic acids is 2. The summed E-state index contributed by atoms with van der Waals surface area (Å²) in [5, 5.41) is 0.786. The lowest BCUT2D eigenvalue weighted by Crippen LogP contribution is -2.32. The smallest absolute Gasteiger partial charge is 0.293 e. The molecule has 174 valence electrons. The van der Waals surface area contributed by atoms with E-state index in [2.05, 4.69) is 0 Å². The number of amides is 2. The van der Waals surface area contributed by atoms with E-state index in [0.717, 1.165) is 28.5 Å². The Labute approximate surface area is 212 Å². The predicted molar refractivity (Wildman–Crippen MR) is 137 cm³/mol. The Morgan fingerprint density at radius 2 is 1.50 bits per heavy atom. The van der Waals surface area contributed by atoms with Crippen LogP contribution in [0.4, 0.5) is 4.79 Å². The van der Waals surface area contributed by atoms with Crippen LogP contribution in [0.3, 0.4) is 0 Å². The zero-order valence-electron chi connectivity index (χ0n) is 18.3. The predicted octanol–water partition coefficient (Wildman–Crippen LogP) is 7.00. The fourth-order valence-corrected chi connectivity index (χ4v) is 4.59. The normalized spacial score (nSPS) is 14.7. The summed E-state index contributed by atoms with van der Waals surface area (Å²) in [7, 11) is 0. The second-order valence-electron chi connectivity index (χ2n) is 7.55. The van der Waals surface area contributed by atoms with Crippen LogP contribution in [0.2, 0.25) is 10.0 Å². The van der Waals surface area contributed by atoms with Crippen LogP contribution in [0.25, 0.3) is 6.08 Å². The lowest BCUT2D eigenvalue weighted by Gasteiger charge is -2.13. The lowest BCUT2D eigenvalue weighted by molar-refractivity contribution is -0.123. The highest BCUT2D eigenvalue weighted by molar-refractivity contribution is 8.18. The van der Waals surface area contributed by atoms with Gasteiger partial charge < -0.3 is 9.47 Å². The summed E-state index contributed by atoms with van der Waals surface area (Å²) in [4.78, 5) is 26.6. The van der Waals surface area contributed by atoms with Crippen molar-refractivity contribution < 1.29 is 19.1 Å². The summed E-state index contributed by atoms with van der Waals surface area (Å²) in [6.07, 6.45) is 1.69. The molecule has 0 aliphatic carbocycles. The number of imide groups is 1. The molecule has 0 atom stereocenters. The minimum atomic E-state index is -0.323. The molecule has 1 saturated heterocycles. The molecule has 1 heterocycles. The third-order valence-corrected chi connectivity index (χ3v) is 6.72. The first-order chi connectivity index (χ1) is 16.4. The minimum Gasteiger partial charge on any atom is -0.492 e. The maximum atomic E-state index is 12.7. The van der Waals surface area contributed by atoms with Gasteiger partial charge in [0.05, 0.1) is 11.4 Å². The number of halogens is 2. The molecule has 3 aromatic carbocycles. The van der Waals surface area contributed by atoms with Gasteiger partial charge in [0, 0.05) is 15.6 Å². The van der Waals surface area contributed by atoms with E-state index in [4.69, 9.17) is 32.7 Å². The van der Waals surface area contributed by atoms with E-state index in [1.165, 1.54) is 4.90 Å². The Hall–Kier alpha value is -2.93. The van der Waals surface area contributed by atoms with E-state index in [1.54, 1.807) is 36.4 Å². The highest BCUT2D eigenvalue weighted by Gasteiger charge is 2.34. The van der Waals surface area contributed by atoms with Crippen molar-refractivity contribution >= 4 is 52.2 Å². The molecule has 0 radical (unpaired) electrons. The van der Waals surface area contributed by atoms with Crippen molar-refractivity contribution in [3.63, 3.8) is 0 Å². The Balaban J connectivity index is 1.33. The van der Waals surface area contributed by atoms with Gasteiger partial charge in [0.15, 0.2) is 0 Å². The van der Waals surface area contributed by atoms with Crippen LogP contribution in [0.15, 0.2) is 71.6 Å². The Kier molecular flexibility index (Phi) is 7.83. The molecule has 5 nitrogen and oxygen atoms in total. The molecule has 8 heteroatoms. The molecule has 1 fully saturated rings. The Morgan fingerprint density at radius 1 is 0.882 bits per heavy atom. The van der Waals surface area contributed by atoms with E-state index in [0.29, 0.717) is 26.4 Å². The highest BCUT2D eigenvalue weighted by Crippen LogP contribution is 2.32. The molecule has 0 aromatic heterocycles. The average molecular weight is 514 g/mol. The monoisotopic (exact) mass is 513 g/mol. The number of ether oxygens (including phenoxy) is 2. The van der Waals surface area contributed by atoms with Crippen LogP contribution in [0.5, 0.6) is 11.5 Å². The largest absolute Gasteiger partial charge is 0.492 e. The molecule has 0 bridgehead atoms. The molecule has 1 aliphatic rings. The standard InChI is InChI=1S/C26H21Cl2NO4S/c1-17-5-9-19(10-6-17)32-14-13-29-25(30)24(34-26(29)31)15-18-7-11-20(12-8-18)33-16-21-22(27)3-2-4-23(21)28/h2-12,15H,13-14,16H2,1H3/b24-15-.